The lowest BCUT2D eigenvalue weighted by molar-refractivity contribution is 0.282. The second-order valence-corrected chi connectivity index (χ2v) is 7.48. The standard InChI is InChI=1S/C13H15NO3S2/c1-9-3-5-11(8-15)7-12(9)14-19(16,17)13-6-4-10(2)18-13/h3-7,14-15H,8H2,1-2H3. The Labute approximate surface area is 116 Å². The number of nitrogens with one attached hydrogen (secondary N) is 1. The van der Waals surface area contributed by atoms with Gasteiger partial charge in [-0.2, -0.15) is 0 Å². The molecule has 2 rings (SSSR count). The molecule has 0 aliphatic rings. The lowest BCUT2D eigenvalue weighted by Crippen LogP contribution is -2.12. The average molecular weight is 297 g/mol. The number of aryl methyl sites for hydroxylation is 2. The zero-order valence-corrected chi connectivity index (χ0v) is 12.3. The van der Waals surface area contributed by atoms with E-state index in [2.05, 4.69) is 4.72 Å². The molecule has 0 unspecified atom stereocenters. The van der Waals surface area contributed by atoms with Gasteiger partial charge < -0.3 is 5.11 Å². The van der Waals surface area contributed by atoms with Crippen molar-refractivity contribution >= 4 is 27.0 Å². The van der Waals surface area contributed by atoms with Crippen LogP contribution in [-0.2, 0) is 16.6 Å². The van der Waals surface area contributed by atoms with Gasteiger partial charge in [0.2, 0.25) is 0 Å². The van der Waals surface area contributed by atoms with Gasteiger partial charge in [-0.3, -0.25) is 4.72 Å². The highest BCUT2D eigenvalue weighted by Crippen LogP contribution is 2.25. The van der Waals surface area contributed by atoms with Crippen LogP contribution in [0.25, 0.3) is 0 Å². The molecular weight excluding hydrogens is 282 g/mol. The van der Waals surface area contributed by atoms with Crippen molar-refractivity contribution in [3.05, 3.63) is 46.3 Å². The zero-order chi connectivity index (χ0) is 14.0. The highest BCUT2D eigenvalue weighted by atomic mass is 32.2. The minimum Gasteiger partial charge on any atom is -0.392 e. The Morgan fingerprint density at radius 3 is 2.53 bits per heavy atom. The van der Waals surface area contributed by atoms with Gasteiger partial charge in [0.05, 0.1) is 12.3 Å². The Morgan fingerprint density at radius 2 is 1.95 bits per heavy atom. The van der Waals surface area contributed by atoms with Gasteiger partial charge in [0.1, 0.15) is 4.21 Å². The quantitative estimate of drug-likeness (QED) is 0.911. The Hall–Kier alpha value is -1.37. The molecule has 6 heteroatoms. The van der Waals surface area contributed by atoms with E-state index in [1.165, 1.54) is 11.3 Å². The number of rotatable bonds is 4. The van der Waals surface area contributed by atoms with E-state index in [-0.39, 0.29) is 6.61 Å². The average Bonchev–Trinajstić information content (AvgIpc) is 2.79. The Balaban J connectivity index is 2.35. The van der Waals surface area contributed by atoms with E-state index < -0.39 is 10.0 Å². The van der Waals surface area contributed by atoms with E-state index in [0.717, 1.165) is 10.4 Å². The molecule has 0 aliphatic heterocycles. The lowest BCUT2D eigenvalue weighted by atomic mass is 10.1. The summed E-state index contributed by atoms with van der Waals surface area (Å²) < 4.78 is 27.3. The van der Waals surface area contributed by atoms with E-state index in [1.807, 2.05) is 13.8 Å². The second kappa shape index (κ2) is 5.32. The maximum atomic E-state index is 12.2. The lowest BCUT2D eigenvalue weighted by Gasteiger charge is -2.10. The molecule has 1 aromatic carbocycles. The number of sulfonamides is 1. The molecule has 0 bridgehead atoms. The third kappa shape index (κ3) is 3.15. The predicted octanol–water partition coefficient (Wildman–Crippen LogP) is 2.66. The zero-order valence-electron chi connectivity index (χ0n) is 10.7. The first kappa shape index (κ1) is 14.0. The maximum Gasteiger partial charge on any atom is 0.271 e. The molecule has 0 radical (unpaired) electrons. The molecule has 1 heterocycles. The van der Waals surface area contributed by atoms with Gasteiger partial charge in [0.15, 0.2) is 0 Å². The maximum absolute atomic E-state index is 12.2. The first-order valence-electron chi connectivity index (χ1n) is 5.72. The molecule has 0 saturated heterocycles. The summed E-state index contributed by atoms with van der Waals surface area (Å²) in [6, 6.07) is 8.56. The van der Waals surface area contributed by atoms with Crippen LogP contribution in [0.1, 0.15) is 16.0 Å². The summed E-state index contributed by atoms with van der Waals surface area (Å²) in [6.45, 7) is 3.56. The van der Waals surface area contributed by atoms with Crippen molar-refractivity contribution in [1.29, 1.82) is 0 Å². The summed E-state index contributed by atoms with van der Waals surface area (Å²) in [5.74, 6) is 0. The van der Waals surface area contributed by atoms with Crippen LogP contribution in [0.2, 0.25) is 0 Å². The molecule has 0 fully saturated rings. The van der Waals surface area contributed by atoms with Crippen LogP contribution in [-0.4, -0.2) is 13.5 Å². The van der Waals surface area contributed by atoms with Crippen LogP contribution < -0.4 is 4.72 Å². The molecule has 2 aromatic rings. The van der Waals surface area contributed by atoms with Gasteiger partial charge in [-0.1, -0.05) is 12.1 Å². The summed E-state index contributed by atoms with van der Waals surface area (Å²) in [4.78, 5) is 0.946. The van der Waals surface area contributed by atoms with Gasteiger partial charge >= 0.3 is 0 Å². The van der Waals surface area contributed by atoms with Crippen LogP contribution in [0.4, 0.5) is 5.69 Å². The summed E-state index contributed by atoms with van der Waals surface area (Å²) in [5.41, 5.74) is 1.98. The third-order valence-electron chi connectivity index (χ3n) is 2.71. The molecule has 1 aromatic heterocycles. The third-order valence-corrected chi connectivity index (χ3v) is 5.57. The van der Waals surface area contributed by atoms with Crippen LogP contribution in [0.3, 0.4) is 0 Å². The largest absolute Gasteiger partial charge is 0.392 e. The van der Waals surface area contributed by atoms with E-state index >= 15 is 0 Å². The fraction of sp³-hybridized carbons (Fsp3) is 0.231. The molecule has 0 atom stereocenters. The van der Waals surface area contributed by atoms with E-state index in [4.69, 9.17) is 5.11 Å². The smallest absolute Gasteiger partial charge is 0.271 e. The second-order valence-electron chi connectivity index (χ2n) is 4.28. The minimum atomic E-state index is -3.55. The molecule has 19 heavy (non-hydrogen) atoms. The van der Waals surface area contributed by atoms with Gasteiger partial charge in [0.25, 0.3) is 10.0 Å². The van der Waals surface area contributed by atoms with Crippen molar-refractivity contribution in [2.24, 2.45) is 0 Å². The Kier molecular flexibility index (Phi) is 3.93. The topological polar surface area (TPSA) is 66.4 Å². The molecule has 0 saturated carbocycles. The van der Waals surface area contributed by atoms with E-state index in [9.17, 15) is 8.42 Å². The highest BCUT2D eigenvalue weighted by Gasteiger charge is 2.17. The fourth-order valence-corrected chi connectivity index (χ4v) is 4.03. The van der Waals surface area contributed by atoms with Crippen molar-refractivity contribution in [2.45, 2.75) is 24.7 Å². The number of aliphatic hydroxyl groups is 1. The van der Waals surface area contributed by atoms with E-state index in [1.54, 1.807) is 30.3 Å². The van der Waals surface area contributed by atoms with Crippen molar-refractivity contribution in [1.82, 2.24) is 0 Å². The van der Waals surface area contributed by atoms with Gasteiger partial charge in [-0.15, -0.1) is 11.3 Å². The first-order chi connectivity index (χ1) is 8.92. The monoisotopic (exact) mass is 297 g/mol. The number of thiophene rings is 1. The van der Waals surface area contributed by atoms with Gasteiger partial charge in [-0.25, -0.2) is 8.42 Å². The first-order valence-corrected chi connectivity index (χ1v) is 8.02. The van der Waals surface area contributed by atoms with Gasteiger partial charge in [-0.05, 0) is 43.2 Å². The number of hydrogen-bond donors (Lipinski definition) is 2. The minimum absolute atomic E-state index is 0.118. The molecular formula is C13H15NO3S2. The van der Waals surface area contributed by atoms with E-state index in [0.29, 0.717) is 15.5 Å². The molecule has 4 nitrogen and oxygen atoms in total. The molecule has 0 amide bonds. The van der Waals surface area contributed by atoms with Crippen LogP contribution >= 0.6 is 11.3 Å². The number of benzene rings is 1. The molecule has 102 valence electrons. The van der Waals surface area contributed by atoms with Crippen molar-refractivity contribution < 1.29 is 13.5 Å². The summed E-state index contributed by atoms with van der Waals surface area (Å²) >= 11 is 1.23. The number of aliphatic hydroxyl groups excluding tert-OH is 1. The van der Waals surface area contributed by atoms with Crippen molar-refractivity contribution in [3.8, 4) is 0 Å². The highest BCUT2D eigenvalue weighted by molar-refractivity contribution is 7.94. The van der Waals surface area contributed by atoms with Crippen LogP contribution in [0.5, 0.6) is 0 Å². The molecule has 0 aliphatic carbocycles. The normalized spacial score (nSPS) is 11.5. The van der Waals surface area contributed by atoms with Crippen molar-refractivity contribution in [3.63, 3.8) is 0 Å². The molecule has 2 N–H and O–H groups in total. The Bertz CT molecular complexity index is 690. The molecule has 0 spiro atoms. The fourth-order valence-electron chi connectivity index (χ4n) is 1.63. The summed E-state index contributed by atoms with van der Waals surface area (Å²) in [6.07, 6.45) is 0. The summed E-state index contributed by atoms with van der Waals surface area (Å²) in [5, 5.41) is 9.10. The number of anilines is 1. The van der Waals surface area contributed by atoms with Gasteiger partial charge in [0, 0.05) is 4.88 Å². The number of hydrogen-bond acceptors (Lipinski definition) is 4. The van der Waals surface area contributed by atoms with Crippen LogP contribution in [0, 0.1) is 13.8 Å². The van der Waals surface area contributed by atoms with Crippen molar-refractivity contribution in [2.75, 3.05) is 4.72 Å². The Morgan fingerprint density at radius 1 is 1.21 bits per heavy atom. The van der Waals surface area contributed by atoms with Crippen LogP contribution in [0.15, 0.2) is 34.5 Å². The predicted molar refractivity (Wildman–Crippen MR) is 77.0 cm³/mol. The summed E-state index contributed by atoms with van der Waals surface area (Å²) in [7, 11) is -3.55. The SMILES string of the molecule is Cc1ccc(S(=O)(=O)Nc2cc(CO)ccc2C)s1.